The first-order valence-corrected chi connectivity index (χ1v) is 12.7. The van der Waals surface area contributed by atoms with Crippen LogP contribution in [0.2, 0.25) is 0 Å². The maximum atomic E-state index is 13.3. The quantitative estimate of drug-likeness (QED) is 0.681. The summed E-state index contributed by atoms with van der Waals surface area (Å²) >= 11 is 0. The number of hydrogen-bond donors (Lipinski definition) is 1. The Bertz CT molecular complexity index is 981. The van der Waals surface area contributed by atoms with Gasteiger partial charge in [0, 0.05) is 41.6 Å². The number of piperidine rings is 1. The Hall–Kier alpha value is -1.85. The first kappa shape index (κ1) is 22.0. The molecule has 0 bridgehead atoms. The van der Waals surface area contributed by atoms with Crippen LogP contribution in [0.5, 0.6) is 0 Å². The van der Waals surface area contributed by atoms with E-state index < -0.39 is 6.10 Å². The van der Waals surface area contributed by atoms with Crippen molar-refractivity contribution in [1.29, 1.82) is 0 Å². The molecule has 1 N–H and O–H groups in total. The number of ether oxygens (including phenoxy) is 1. The van der Waals surface area contributed by atoms with Gasteiger partial charge in [-0.2, -0.15) is 0 Å². The molecule has 1 saturated carbocycles. The Morgan fingerprint density at radius 2 is 2.06 bits per heavy atom. The van der Waals surface area contributed by atoms with Crippen molar-refractivity contribution in [1.82, 2.24) is 9.47 Å². The van der Waals surface area contributed by atoms with Crippen molar-refractivity contribution in [2.45, 2.75) is 95.9 Å². The van der Waals surface area contributed by atoms with Crippen LogP contribution in [0.1, 0.15) is 82.4 Å². The average molecular weight is 439 g/mol. The number of carbonyl (C=O) groups is 1. The highest BCUT2D eigenvalue weighted by Gasteiger charge is 2.44. The van der Waals surface area contributed by atoms with Crippen molar-refractivity contribution in [3.63, 3.8) is 0 Å². The van der Waals surface area contributed by atoms with Crippen LogP contribution in [-0.2, 0) is 16.0 Å². The molecular weight excluding hydrogens is 400 g/mol. The van der Waals surface area contributed by atoms with Gasteiger partial charge in [0.2, 0.25) is 0 Å². The second kappa shape index (κ2) is 8.83. The van der Waals surface area contributed by atoms with Crippen molar-refractivity contribution >= 4 is 16.9 Å². The lowest BCUT2D eigenvalue weighted by atomic mass is 9.72. The molecular formula is C27H38N2O3. The van der Waals surface area contributed by atoms with E-state index in [2.05, 4.69) is 54.6 Å². The number of aromatic nitrogens is 1. The molecule has 3 aliphatic rings. The predicted octanol–water partition coefficient (Wildman–Crippen LogP) is 4.81. The summed E-state index contributed by atoms with van der Waals surface area (Å²) in [5.74, 6) is 0.123. The van der Waals surface area contributed by atoms with E-state index in [-0.39, 0.29) is 18.0 Å². The zero-order chi connectivity index (χ0) is 22.4. The van der Waals surface area contributed by atoms with Gasteiger partial charge in [-0.1, -0.05) is 25.5 Å². The number of aliphatic hydroxyl groups is 1. The first-order valence-electron chi connectivity index (χ1n) is 12.7. The number of aliphatic hydroxyl groups excluding tert-OH is 1. The molecule has 3 unspecified atom stereocenters. The van der Waals surface area contributed by atoms with Gasteiger partial charge in [0.05, 0.1) is 12.0 Å². The van der Waals surface area contributed by atoms with Gasteiger partial charge < -0.3 is 14.4 Å². The molecule has 5 nitrogen and oxygen atoms in total. The van der Waals surface area contributed by atoms with Gasteiger partial charge in [-0.25, -0.2) is 0 Å². The minimum absolute atomic E-state index is 0.103. The van der Waals surface area contributed by atoms with Crippen LogP contribution < -0.4 is 0 Å². The molecule has 0 radical (unpaired) electrons. The summed E-state index contributed by atoms with van der Waals surface area (Å²) in [6.07, 6.45) is 8.11. The summed E-state index contributed by atoms with van der Waals surface area (Å²) in [5, 5.41) is 11.7. The van der Waals surface area contributed by atoms with Gasteiger partial charge in [0.25, 0.3) is 0 Å². The van der Waals surface area contributed by atoms with Crippen LogP contribution in [0.15, 0.2) is 24.4 Å². The molecule has 32 heavy (non-hydrogen) atoms. The average Bonchev–Trinajstić information content (AvgIpc) is 3.16. The monoisotopic (exact) mass is 438 g/mol. The lowest BCUT2D eigenvalue weighted by molar-refractivity contribution is -0.165. The summed E-state index contributed by atoms with van der Waals surface area (Å²) in [6.45, 7) is 8.49. The lowest BCUT2D eigenvalue weighted by Crippen LogP contribution is -2.52. The van der Waals surface area contributed by atoms with Gasteiger partial charge in [0.15, 0.2) is 0 Å². The summed E-state index contributed by atoms with van der Waals surface area (Å²) in [4.78, 5) is 15.8. The Morgan fingerprint density at radius 3 is 2.81 bits per heavy atom. The number of likely N-dealkylation sites (tertiary alicyclic amines) is 1. The second-order valence-corrected chi connectivity index (χ2v) is 10.5. The minimum Gasteiger partial charge on any atom is -0.459 e. The third kappa shape index (κ3) is 3.77. The highest BCUT2D eigenvalue weighted by Crippen LogP contribution is 2.46. The van der Waals surface area contributed by atoms with Gasteiger partial charge in [0.1, 0.15) is 6.10 Å². The molecule has 174 valence electrons. The van der Waals surface area contributed by atoms with Gasteiger partial charge >= 0.3 is 5.97 Å². The van der Waals surface area contributed by atoms with Crippen LogP contribution in [0.25, 0.3) is 10.9 Å². The smallest absolute Gasteiger partial charge is 0.310 e. The standard InChI is InChI=1S/C27H38N2O3/c1-4-12-28-15-19(27(31)32-25-11-6-5-10-24(25)30)13-21-20-8-7-9-22-26(20)18(14-23(21)28)16-29(22)17(2)3/h7-9,16-17,19,21,23-25,30H,4-6,10-15H2,1-3H3/t19-,21?,23-,24?,25?/m1/s1. The number of fused-ring (bicyclic) bond motifs is 2. The van der Waals surface area contributed by atoms with Gasteiger partial charge in [-0.15, -0.1) is 0 Å². The highest BCUT2D eigenvalue weighted by molar-refractivity contribution is 5.89. The molecule has 5 heteroatoms. The zero-order valence-electron chi connectivity index (χ0n) is 19.8. The Kier molecular flexibility index (Phi) is 6.06. The zero-order valence-corrected chi connectivity index (χ0v) is 19.8. The van der Waals surface area contributed by atoms with Gasteiger partial charge in [-0.05, 0) is 76.1 Å². The lowest BCUT2D eigenvalue weighted by Gasteiger charge is -2.46. The molecule has 1 aromatic heterocycles. The topological polar surface area (TPSA) is 54.7 Å². The van der Waals surface area contributed by atoms with E-state index in [4.69, 9.17) is 4.74 Å². The van der Waals surface area contributed by atoms with Gasteiger partial charge in [-0.3, -0.25) is 9.69 Å². The molecule has 2 fully saturated rings. The second-order valence-electron chi connectivity index (χ2n) is 10.5. The van der Waals surface area contributed by atoms with Crippen LogP contribution in [0, 0.1) is 5.92 Å². The maximum absolute atomic E-state index is 13.3. The summed E-state index contributed by atoms with van der Waals surface area (Å²) in [7, 11) is 0. The molecule has 2 aromatic rings. The Balaban J connectivity index is 1.45. The van der Waals surface area contributed by atoms with E-state index in [1.807, 2.05) is 0 Å². The predicted molar refractivity (Wildman–Crippen MR) is 127 cm³/mol. The number of esters is 1. The van der Waals surface area contributed by atoms with Crippen molar-refractivity contribution in [2.75, 3.05) is 13.1 Å². The first-order chi connectivity index (χ1) is 15.5. The molecule has 5 atom stereocenters. The molecule has 1 aliphatic heterocycles. The number of hydrogen-bond acceptors (Lipinski definition) is 4. The molecule has 0 amide bonds. The van der Waals surface area contributed by atoms with E-state index in [9.17, 15) is 9.90 Å². The molecule has 1 saturated heterocycles. The normalized spacial score (nSPS) is 30.5. The molecule has 5 rings (SSSR count). The van der Waals surface area contributed by atoms with Crippen molar-refractivity contribution in [3.8, 4) is 0 Å². The Labute approximate surface area is 191 Å². The Morgan fingerprint density at radius 1 is 1.25 bits per heavy atom. The van der Waals surface area contributed by atoms with E-state index >= 15 is 0 Å². The van der Waals surface area contributed by atoms with Crippen molar-refractivity contribution < 1.29 is 14.6 Å². The number of carbonyl (C=O) groups excluding carboxylic acids is 1. The SMILES string of the molecule is CCCN1C[C@H](C(=O)OC2CCCCC2O)CC2c3cccc4c3c(cn4C(C)C)C[C@H]21. The highest BCUT2D eigenvalue weighted by atomic mass is 16.6. The summed E-state index contributed by atoms with van der Waals surface area (Å²) in [5.41, 5.74) is 4.19. The third-order valence-electron chi connectivity index (χ3n) is 8.06. The van der Waals surface area contributed by atoms with Crippen molar-refractivity contribution in [2.24, 2.45) is 5.92 Å². The minimum atomic E-state index is -0.502. The fraction of sp³-hybridized carbons (Fsp3) is 0.667. The maximum Gasteiger partial charge on any atom is 0.310 e. The molecule has 0 spiro atoms. The third-order valence-corrected chi connectivity index (χ3v) is 8.06. The number of nitrogens with zero attached hydrogens (tertiary/aromatic N) is 2. The van der Waals surface area contributed by atoms with Crippen LogP contribution in [0.3, 0.4) is 0 Å². The van der Waals surface area contributed by atoms with Crippen molar-refractivity contribution in [3.05, 3.63) is 35.5 Å². The van der Waals surface area contributed by atoms with E-state index in [1.165, 1.54) is 22.0 Å². The summed E-state index contributed by atoms with van der Waals surface area (Å²) in [6, 6.07) is 7.59. The fourth-order valence-corrected chi connectivity index (χ4v) is 6.53. The van der Waals surface area contributed by atoms with E-state index in [1.54, 1.807) is 0 Å². The molecule has 2 aliphatic carbocycles. The summed E-state index contributed by atoms with van der Waals surface area (Å²) < 4.78 is 8.32. The molecule has 1 aromatic carbocycles. The van der Waals surface area contributed by atoms with E-state index in [0.717, 1.165) is 58.0 Å². The van der Waals surface area contributed by atoms with Crippen LogP contribution in [-0.4, -0.2) is 51.9 Å². The largest absolute Gasteiger partial charge is 0.459 e. The number of rotatable bonds is 5. The number of benzene rings is 1. The fourth-order valence-electron chi connectivity index (χ4n) is 6.53. The van der Waals surface area contributed by atoms with Crippen LogP contribution in [0.4, 0.5) is 0 Å². The van der Waals surface area contributed by atoms with Crippen LogP contribution >= 0.6 is 0 Å². The van der Waals surface area contributed by atoms with E-state index in [0.29, 0.717) is 18.0 Å². The molecule has 2 heterocycles.